The Balaban J connectivity index is 2.84. The second-order valence-electron chi connectivity index (χ2n) is 3.24. The van der Waals surface area contributed by atoms with Gasteiger partial charge >= 0.3 is 5.97 Å². The summed E-state index contributed by atoms with van der Waals surface area (Å²) in [7, 11) is 0. The van der Waals surface area contributed by atoms with Gasteiger partial charge in [-0.25, -0.2) is 4.79 Å². The van der Waals surface area contributed by atoms with Crippen LogP contribution in [0.25, 0.3) is 0 Å². The minimum Gasteiger partial charge on any atom is -0.479 e. The van der Waals surface area contributed by atoms with Crippen LogP contribution in [0.5, 0.6) is 0 Å². The molecule has 1 aliphatic heterocycles. The van der Waals surface area contributed by atoms with Crippen molar-refractivity contribution in [1.29, 1.82) is 0 Å². The Bertz CT molecular complexity index is 213. The number of ether oxygens (including phenoxy) is 1. The second-order valence-corrected chi connectivity index (χ2v) is 3.24. The zero-order valence-corrected chi connectivity index (χ0v) is 7.04. The molecule has 6 heteroatoms. The van der Waals surface area contributed by atoms with Gasteiger partial charge in [-0.1, -0.05) is 0 Å². The average molecular weight is 192 g/mol. The highest BCUT2D eigenvalue weighted by atomic mass is 16.6. The first-order chi connectivity index (χ1) is 5.91. The molecule has 0 bridgehead atoms. The zero-order chi connectivity index (χ0) is 10.2. The number of carboxylic acid groups (broad SMARTS) is 1. The van der Waals surface area contributed by atoms with Crippen LogP contribution in [0.4, 0.5) is 0 Å². The number of aliphatic carboxylic acids is 1. The molecule has 4 atom stereocenters. The zero-order valence-electron chi connectivity index (χ0n) is 7.04. The summed E-state index contributed by atoms with van der Waals surface area (Å²) in [5.41, 5.74) is -1.72. The highest BCUT2D eigenvalue weighted by Crippen LogP contribution is 2.30. The second kappa shape index (κ2) is 3.22. The average Bonchev–Trinajstić information content (AvgIpc) is 2.25. The van der Waals surface area contributed by atoms with Crippen molar-refractivity contribution in [3.8, 4) is 0 Å². The third kappa shape index (κ3) is 1.53. The number of carbonyl (C=O) groups is 1. The lowest BCUT2D eigenvalue weighted by atomic mass is 9.93. The molecule has 1 heterocycles. The van der Waals surface area contributed by atoms with Crippen LogP contribution in [0.2, 0.25) is 0 Å². The minimum absolute atomic E-state index is 0.534. The number of hydrogen-bond donors (Lipinski definition) is 4. The van der Waals surface area contributed by atoms with Gasteiger partial charge in [0.2, 0.25) is 0 Å². The van der Waals surface area contributed by atoms with Crippen LogP contribution in [-0.2, 0) is 9.53 Å². The molecule has 0 spiro atoms. The van der Waals surface area contributed by atoms with E-state index >= 15 is 0 Å². The molecule has 6 nitrogen and oxygen atoms in total. The molecule has 1 fully saturated rings. The molecule has 1 rings (SSSR count). The van der Waals surface area contributed by atoms with E-state index < -0.39 is 36.5 Å². The number of rotatable bonds is 2. The van der Waals surface area contributed by atoms with Gasteiger partial charge in [0.1, 0.15) is 17.8 Å². The largest absolute Gasteiger partial charge is 0.479 e. The third-order valence-corrected chi connectivity index (χ3v) is 2.26. The maximum absolute atomic E-state index is 10.5. The van der Waals surface area contributed by atoms with E-state index in [1.54, 1.807) is 0 Å². The lowest BCUT2D eigenvalue weighted by Crippen LogP contribution is -2.47. The summed E-state index contributed by atoms with van der Waals surface area (Å²) in [5, 5.41) is 36.1. The molecular formula is C7H12O6. The molecule has 0 aromatic rings. The number of hydrogen-bond acceptors (Lipinski definition) is 5. The molecule has 0 aliphatic carbocycles. The first kappa shape index (κ1) is 10.4. The van der Waals surface area contributed by atoms with Crippen molar-refractivity contribution in [3.05, 3.63) is 0 Å². The van der Waals surface area contributed by atoms with E-state index in [0.29, 0.717) is 0 Å². The summed E-state index contributed by atoms with van der Waals surface area (Å²) in [6, 6.07) is 0. The molecule has 13 heavy (non-hydrogen) atoms. The third-order valence-electron chi connectivity index (χ3n) is 2.26. The SMILES string of the molecule is C[C@@]1(O)[C@@H](CO)OC(C(=O)O)[C@@H]1O. The minimum atomic E-state index is -1.72. The quantitative estimate of drug-likeness (QED) is 0.401. The fraction of sp³-hybridized carbons (Fsp3) is 0.857. The standard InChI is InChI=1S/C7H12O6/c1-7(12)3(2-8)13-4(5(7)9)6(10)11/h3-5,8-9,12H,2H2,1H3,(H,10,11)/t3-,4?,5+,7-/m1/s1. The molecule has 0 amide bonds. The van der Waals surface area contributed by atoms with Gasteiger partial charge in [-0.3, -0.25) is 0 Å². The normalized spacial score (nSPS) is 45.1. The Hall–Kier alpha value is -0.690. The van der Waals surface area contributed by atoms with Gasteiger partial charge in [0.05, 0.1) is 6.61 Å². The van der Waals surface area contributed by atoms with Gasteiger partial charge < -0.3 is 25.2 Å². The van der Waals surface area contributed by atoms with Gasteiger partial charge in [0, 0.05) is 0 Å². The molecule has 76 valence electrons. The number of aliphatic hydroxyl groups is 3. The summed E-state index contributed by atoms with van der Waals surface area (Å²) in [6.07, 6.45) is -4.07. The van der Waals surface area contributed by atoms with E-state index in [1.807, 2.05) is 0 Å². The van der Waals surface area contributed by atoms with Crippen molar-refractivity contribution in [2.24, 2.45) is 0 Å². The Morgan fingerprint density at radius 2 is 2.15 bits per heavy atom. The van der Waals surface area contributed by atoms with Crippen LogP contribution in [0, 0.1) is 0 Å². The summed E-state index contributed by atoms with van der Waals surface area (Å²) in [6.45, 7) is 0.690. The van der Waals surface area contributed by atoms with Gasteiger partial charge in [0.15, 0.2) is 6.10 Å². The van der Waals surface area contributed by atoms with E-state index in [4.69, 9.17) is 14.9 Å². The van der Waals surface area contributed by atoms with Crippen molar-refractivity contribution in [2.75, 3.05) is 6.61 Å². The Morgan fingerprint density at radius 3 is 2.38 bits per heavy atom. The molecule has 0 radical (unpaired) electrons. The van der Waals surface area contributed by atoms with Crippen molar-refractivity contribution in [3.63, 3.8) is 0 Å². The van der Waals surface area contributed by atoms with Gasteiger partial charge in [-0.15, -0.1) is 0 Å². The van der Waals surface area contributed by atoms with Gasteiger partial charge in [0.25, 0.3) is 0 Å². The van der Waals surface area contributed by atoms with Crippen molar-refractivity contribution in [2.45, 2.75) is 30.8 Å². The van der Waals surface area contributed by atoms with E-state index in [2.05, 4.69) is 0 Å². The lowest BCUT2D eigenvalue weighted by molar-refractivity contribution is -0.153. The van der Waals surface area contributed by atoms with E-state index in [0.717, 1.165) is 0 Å². The monoisotopic (exact) mass is 192 g/mol. The molecule has 0 aromatic heterocycles. The van der Waals surface area contributed by atoms with Gasteiger partial charge in [-0.05, 0) is 6.92 Å². The van der Waals surface area contributed by atoms with Crippen molar-refractivity contribution in [1.82, 2.24) is 0 Å². The summed E-state index contributed by atoms with van der Waals surface area (Å²) >= 11 is 0. The lowest BCUT2D eigenvalue weighted by Gasteiger charge is -2.24. The van der Waals surface area contributed by atoms with Crippen molar-refractivity contribution < 1.29 is 30.0 Å². The summed E-state index contributed by atoms with van der Waals surface area (Å²) < 4.78 is 4.75. The molecule has 0 saturated carbocycles. The summed E-state index contributed by atoms with van der Waals surface area (Å²) in [5.74, 6) is -1.36. The first-order valence-corrected chi connectivity index (χ1v) is 3.80. The fourth-order valence-electron chi connectivity index (χ4n) is 1.31. The first-order valence-electron chi connectivity index (χ1n) is 3.80. The Labute approximate surface area is 74.4 Å². The topological polar surface area (TPSA) is 107 Å². The van der Waals surface area contributed by atoms with Crippen LogP contribution in [0.15, 0.2) is 0 Å². The predicted octanol–water partition coefficient (Wildman–Crippen LogP) is -2.06. The van der Waals surface area contributed by atoms with Crippen LogP contribution < -0.4 is 0 Å². The summed E-state index contributed by atoms with van der Waals surface area (Å²) in [4.78, 5) is 10.5. The number of carboxylic acids is 1. The van der Waals surface area contributed by atoms with Crippen LogP contribution in [0.3, 0.4) is 0 Å². The van der Waals surface area contributed by atoms with Crippen LogP contribution in [0.1, 0.15) is 6.92 Å². The highest BCUT2D eigenvalue weighted by molar-refractivity contribution is 5.74. The van der Waals surface area contributed by atoms with E-state index in [-0.39, 0.29) is 0 Å². The Kier molecular flexibility index (Phi) is 2.58. The van der Waals surface area contributed by atoms with E-state index in [1.165, 1.54) is 6.92 Å². The maximum atomic E-state index is 10.5. The van der Waals surface area contributed by atoms with Crippen LogP contribution >= 0.6 is 0 Å². The van der Waals surface area contributed by atoms with Crippen LogP contribution in [-0.4, -0.2) is 56.9 Å². The molecule has 1 saturated heterocycles. The molecular weight excluding hydrogens is 180 g/mol. The number of aliphatic hydroxyl groups excluding tert-OH is 2. The molecule has 4 N–H and O–H groups in total. The van der Waals surface area contributed by atoms with E-state index in [9.17, 15) is 15.0 Å². The van der Waals surface area contributed by atoms with Gasteiger partial charge in [-0.2, -0.15) is 0 Å². The molecule has 1 unspecified atom stereocenters. The maximum Gasteiger partial charge on any atom is 0.335 e. The molecule has 0 aromatic carbocycles. The fourth-order valence-corrected chi connectivity index (χ4v) is 1.31. The smallest absolute Gasteiger partial charge is 0.335 e. The Morgan fingerprint density at radius 1 is 1.62 bits per heavy atom. The van der Waals surface area contributed by atoms with Crippen molar-refractivity contribution >= 4 is 5.97 Å². The predicted molar refractivity (Wildman–Crippen MR) is 40.0 cm³/mol. The highest BCUT2D eigenvalue weighted by Gasteiger charge is 2.54. The molecule has 1 aliphatic rings.